The first-order valence-corrected chi connectivity index (χ1v) is 8.93. The summed E-state index contributed by atoms with van der Waals surface area (Å²) in [6.07, 6.45) is -0.0249. The number of carbonyl (C=O) groups excluding carboxylic acids is 2. The summed E-state index contributed by atoms with van der Waals surface area (Å²) in [5.74, 6) is -0.339. The van der Waals surface area contributed by atoms with Gasteiger partial charge in [0.05, 0.1) is 23.8 Å². The van der Waals surface area contributed by atoms with E-state index in [2.05, 4.69) is 10.3 Å². The number of aliphatic imine (C=N–C) groups is 1. The van der Waals surface area contributed by atoms with Gasteiger partial charge in [-0.1, -0.05) is 11.8 Å². The van der Waals surface area contributed by atoms with Crippen LogP contribution >= 0.6 is 11.8 Å². The summed E-state index contributed by atoms with van der Waals surface area (Å²) in [6.45, 7) is 4.80. The number of nitro groups is 1. The number of nitrogens with one attached hydrogen (secondary N) is 1. The van der Waals surface area contributed by atoms with Gasteiger partial charge in [-0.05, 0) is 19.9 Å². The average Bonchev–Trinajstić information content (AvgIpc) is 2.90. The Bertz CT molecular complexity index is 752. The predicted octanol–water partition coefficient (Wildman–Crippen LogP) is 2.27. The molecular formula is C16H20N4O5S. The van der Waals surface area contributed by atoms with E-state index in [-0.39, 0.29) is 29.7 Å². The summed E-state index contributed by atoms with van der Waals surface area (Å²) in [7, 11) is 1.36. The molecular weight excluding hydrogens is 360 g/mol. The Labute approximate surface area is 154 Å². The van der Waals surface area contributed by atoms with E-state index in [9.17, 15) is 19.7 Å². The van der Waals surface area contributed by atoms with E-state index in [0.717, 1.165) is 0 Å². The minimum Gasteiger partial charge on any atom is -0.494 e. The van der Waals surface area contributed by atoms with Crippen LogP contribution in [0.15, 0.2) is 23.2 Å². The van der Waals surface area contributed by atoms with Crippen molar-refractivity contribution in [3.8, 4) is 5.75 Å². The van der Waals surface area contributed by atoms with E-state index >= 15 is 0 Å². The lowest BCUT2D eigenvalue weighted by atomic mass is 10.2. The standard InChI is InChI=1S/C16H20N4O5S/c1-4-17-16-19(5-2)15(22)13(26-16)9-14(21)18-11-7-6-10(20(23)24)8-12(11)25-3/h6-8,13H,4-5,9H2,1-3H3,(H,18,21). The van der Waals surface area contributed by atoms with Crippen molar-refractivity contribution in [1.29, 1.82) is 0 Å². The van der Waals surface area contributed by atoms with Crippen molar-refractivity contribution in [2.45, 2.75) is 25.5 Å². The molecule has 10 heteroatoms. The maximum Gasteiger partial charge on any atom is 0.273 e. The second kappa shape index (κ2) is 8.65. The highest BCUT2D eigenvalue weighted by Gasteiger charge is 2.38. The van der Waals surface area contributed by atoms with Crippen LogP contribution in [0, 0.1) is 10.1 Å². The molecule has 1 N–H and O–H groups in total. The third kappa shape index (κ3) is 4.31. The van der Waals surface area contributed by atoms with E-state index in [4.69, 9.17) is 4.74 Å². The van der Waals surface area contributed by atoms with Crippen molar-refractivity contribution in [2.24, 2.45) is 4.99 Å². The Morgan fingerprint density at radius 1 is 1.46 bits per heavy atom. The molecule has 1 aliphatic rings. The van der Waals surface area contributed by atoms with Crippen molar-refractivity contribution in [1.82, 2.24) is 4.90 Å². The molecule has 140 valence electrons. The van der Waals surface area contributed by atoms with Gasteiger partial charge in [0, 0.05) is 25.6 Å². The largest absolute Gasteiger partial charge is 0.494 e. The van der Waals surface area contributed by atoms with Crippen molar-refractivity contribution in [3.05, 3.63) is 28.3 Å². The Balaban J connectivity index is 2.08. The second-order valence-corrected chi connectivity index (χ2v) is 6.51. The van der Waals surface area contributed by atoms with Gasteiger partial charge in [-0.15, -0.1) is 0 Å². The van der Waals surface area contributed by atoms with Crippen LogP contribution in [-0.4, -0.2) is 52.3 Å². The van der Waals surface area contributed by atoms with Crippen molar-refractivity contribution in [2.75, 3.05) is 25.5 Å². The number of rotatable bonds is 7. The minimum absolute atomic E-state index is 0.0249. The maximum absolute atomic E-state index is 12.4. The summed E-state index contributed by atoms with van der Waals surface area (Å²) in [5, 5.41) is 13.6. The lowest BCUT2D eigenvalue weighted by Crippen LogP contribution is -2.33. The molecule has 0 bridgehead atoms. The van der Waals surface area contributed by atoms with Crippen molar-refractivity contribution < 1.29 is 19.2 Å². The molecule has 1 atom stereocenters. The van der Waals surface area contributed by atoms with E-state index in [1.807, 2.05) is 13.8 Å². The number of thioether (sulfide) groups is 1. The zero-order valence-corrected chi connectivity index (χ0v) is 15.5. The maximum atomic E-state index is 12.4. The van der Waals surface area contributed by atoms with Gasteiger partial charge >= 0.3 is 0 Å². The topological polar surface area (TPSA) is 114 Å². The van der Waals surface area contributed by atoms with Gasteiger partial charge in [0.1, 0.15) is 11.0 Å². The normalized spacial score (nSPS) is 18.3. The van der Waals surface area contributed by atoms with Crippen LogP contribution in [0.3, 0.4) is 0 Å². The number of benzene rings is 1. The molecule has 0 saturated carbocycles. The monoisotopic (exact) mass is 380 g/mol. The van der Waals surface area contributed by atoms with Gasteiger partial charge in [-0.2, -0.15) is 0 Å². The summed E-state index contributed by atoms with van der Waals surface area (Å²) >= 11 is 1.28. The predicted molar refractivity (Wildman–Crippen MR) is 99.6 cm³/mol. The molecule has 1 saturated heterocycles. The SMILES string of the molecule is CCN=C1SC(CC(=O)Nc2ccc([N+](=O)[O-])cc2OC)C(=O)N1CC. The lowest BCUT2D eigenvalue weighted by Gasteiger charge is -2.13. The number of anilines is 1. The van der Waals surface area contributed by atoms with Crippen LogP contribution < -0.4 is 10.1 Å². The number of methoxy groups -OCH3 is 1. The lowest BCUT2D eigenvalue weighted by molar-refractivity contribution is -0.384. The van der Waals surface area contributed by atoms with Gasteiger partial charge in [0.15, 0.2) is 5.17 Å². The molecule has 1 heterocycles. The zero-order valence-electron chi connectivity index (χ0n) is 14.7. The first-order valence-electron chi connectivity index (χ1n) is 8.06. The van der Waals surface area contributed by atoms with Crippen LogP contribution in [0.4, 0.5) is 11.4 Å². The fraction of sp³-hybridized carbons (Fsp3) is 0.438. The van der Waals surface area contributed by atoms with Crippen molar-refractivity contribution in [3.63, 3.8) is 0 Å². The number of nitro benzene ring substituents is 1. The van der Waals surface area contributed by atoms with Gasteiger partial charge in [-0.25, -0.2) is 0 Å². The fourth-order valence-corrected chi connectivity index (χ4v) is 3.72. The zero-order chi connectivity index (χ0) is 19.3. The molecule has 2 rings (SSSR count). The smallest absolute Gasteiger partial charge is 0.273 e. The summed E-state index contributed by atoms with van der Waals surface area (Å²) in [4.78, 5) is 40.9. The van der Waals surface area contributed by atoms with Crippen LogP contribution in [-0.2, 0) is 9.59 Å². The Kier molecular flexibility index (Phi) is 6.56. The molecule has 1 aromatic carbocycles. The molecule has 26 heavy (non-hydrogen) atoms. The van der Waals surface area contributed by atoms with Crippen molar-refractivity contribution >= 4 is 40.1 Å². The first kappa shape index (κ1) is 19.7. The minimum atomic E-state index is -0.546. The highest BCUT2D eigenvalue weighted by molar-refractivity contribution is 8.15. The van der Waals surface area contributed by atoms with Crippen LogP contribution in [0.1, 0.15) is 20.3 Å². The van der Waals surface area contributed by atoms with Gasteiger partial charge in [0.25, 0.3) is 5.69 Å². The molecule has 0 aliphatic carbocycles. The molecule has 2 amide bonds. The summed E-state index contributed by atoms with van der Waals surface area (Å²) in [5.41, 5.74) is 0.175. The summed E-state index contributed by atoms with van der Waals surface area (Å²) in [6, 6.07) is 3.91. The van der Waals surface area contributed by atoms with Gasteiger partial charge in [-0.3, -0.25) is 29.6 Å². The Morgan fingerprint density at radius 2 is 2.19 bits per heavy atom. The number of carbonyl (C=O) groups is 2. The quantitative estimate of drug-likeness (QED) is 0.573. The summed E-state index contributed by atoms with van der Waals surface area (Å²) < 4.78 is 5.09. The Morgan fingerprint density at radius 3 is 2.77 bits per heavy atom. The number of amides is 2. The highest BCUT2D eigenvalue weighted by atomic mass is 32.2. The molecule has 1 fully saturated rings. The van der Waals surface area contributed by atoms with E-state index in [0.29, 0.717) is 23.9 Å². The molecule has 0 aromatic heterocycles. The van der Waals surface area contributed by atoms with E-state index in [1.165, 1.54) is 37.1 Å². The molecule has 0 radical (unpaired) electrons. The first-order chi connectivity index (χ1) is 12.4. The third-order valence-electron chi connectivity index (χ3n) is 3.67. The van der Waals surface area contributed by atoms with E-state index < -0.39 is 10.2 Å². The number of hydrogen-bond acceptors (Lipinski definition) is 7. The molecule has 1 unspecified atom stereocenters. The fourth-order valence-electron chi connectivity index (χ4n) is 2.45. The average molecular weight is 380 g/mol. The van der Waals surface area contributed by atoms with E-state index in [1.54, 1.807) is 4.90 Å². The number of nitrogens with zero attached hydrogens (tertiary/aromatic N) is 3. The Hall–Kier alpha value is -2.62. The number of hydrogen-bond donors (Lipinski definition) is 1. The second-order valence-electron chi connectivity index (χ2n) is 5.34. The number of non-ortho nitro benzene ring substituents is 1. The van der Waals surface area contributed by atoms with Gasteiger partial charge < -0.3 is 10.1 Å². The molecule has 9 nitrogen and oxygen atoms in total. The molecule has 0 spiro atoms. The number of amidine groups is 1. The van der Waals surface area contributed by atoms with Crippen LogP contribution in [0.25, 0.3) is 0 Å². The van der Waals surface area contributed by atoms with Gasteiger partial charge in [0.2, 0.25) is 11.8 Å². The highest BCUT2D eigenvalue weighted by Crippen LogP contribution is 2.32. The van der Waals surface area contributed by atoms with Crippen LogP contribution in [0.2, 0.25) is 0 Å². The third-order valence-corrected chi connectivity index (χ3v) is 4.88. The van der Waals surface area contributed by atoms with Crippen LogP contribution in [0.5, 0.6) is 5.75 Å². The molecule has 1 aliphatic heterocycles. The number of ether oxygens (including phenoxy) is 1. The molecule has 1 aromatic rings.